The first-order valence-corrected chi connectivity index (χ1v) is 13.2. The van der Waals surface area contributed by atoms with Gasteiger partial charge in [0.15, 0.2) is 5.78 Å². The van der Waals surface area contributed by atoms with Crippen LogP contribution in [0.5, 0.6) is 0 Å². The molecular weight excluding hydrogens is 476 g/mol. The highest BCUT2D eigenvalue weighted by atomic mass is 35.5. The normalized spacial score (nSPS) is 13.3. The lowest BCUT2D eigenvalue weighted by atomic mass is 9.99. The van der Waals surface area contributed by atoms with E-state index in [0.29, 0.717) is 30.2 Å². The van der Waals surface area contributed by atoms with E-state index in [-0.39, 0.29) is 5.78 Å². The van der Waals surface area contributed by atoms with Gasteiger partial charge in [0.05, 0.1) is 9.90 Å². The number of thiophene rings is 1. The zero-order valence-corrected chi connectivity index (χ0v) is 21.4. The van der Waals surface area contributed by atoms with Crippen LogP contribution in [0.4, 0.5) is 11.5 Å². The van der Waals surface area contributed by atoms with Crippen LogP contribution in [-0.4, -0.2) is 24.4 Å². The van der Waals surface area contributed by atoms with Crippen LogP contribution < -0.4 is 16.0 Å². The Kier molecular flexibility index (Phi) is 7.04. The number of fused-ring (bicyclic) bond motifs is 2. The maximum atomic E-state index is 12.9. The third kappa shape index (κ3) is 5.35. The van der Waals surface area contributed by atoms with Crippen molar-refractivity contribution < 1.29 is 4.79 Å². The van der Waals surface area contributed by atoms with E-state index in [1.54, 1.807) is 6.20 Å². The van der Waals surface area contributed by atoms with Gasteiger partial charge in [-0.05, 0) is 59.5 Å². The number of ketones is 1. The molecule has 0 amide bonds. The lowest BCUT2D eigenvalue weighted by Gasteiger charge is -2.27. The number of benzene rings is 2. The molecule has 1 aliphatic heterocycles. The van der Waals surface area contributed by atoms with Gasteiger partial charge in [-0.25, -0.2) is 4.98 Å². The van der Waals surface area contributed by atoms with Gasteiger partial charge in [0, 0.05) is 55.3 Å². The Morgan fingerprint density at radius 2 is 2.00 bits per heavy atom. The number of carbonyl (C=O) groups excluding carboxylic acids is 1. The van der Waals surface area contributed by atoms with E-state index >= 15 is 0 Å². The molecule has 0 atom stereocenters. The highest BCUT2D eigenvalue weighted by Crippen LogP contribution is 2.30. The number of nitrogens with one attached hydrogen (secondary N) is 1. The van der Waals surface area contributed by atoms with Crippen molar-refractivity contribution in [3.05, 3.63) is 86.2 Å². The molecule has 4 aromatic rings. The van der Waals surface area contributed by atoms with E-state index in [1.807, 2.05) is 24.3 Å². The van der Waals surface area contributed by atoms with Gasteiger partial charge < -0.3 is 16.0 Å². The fourth-order valence-electron chi connectivity index (χ4n) is 4.72. The largest absolute Gasteiger partial charge is 0.383 e. The number of hydrogen-bond acceptors (Lipinski definition) is 6. The second-order valence-corrected chi connectivity index (χ2v) is 10.7. The van der Waals surface area contributed by atoms with Crippen molar-refractivity contribution in [3.8, 4) is 0 Å². The third-order valence-corrected chi connectivity index (χ3v) is 8.27. The Morgan fingerprint density at radius 1 is 1.14 bits per heavy atom. The van der Waals surface area contributed by atoms with Gasteiger partial charge in [-0.15, -0.1) is 11.3 Å². The molecule has 0 aliphatic carbocycles. The molecule has 2 aromatic carbocycles. The average Bonchev–Trinajstić information content (AvgIpc) is 3.23. The van der Waals surface area contributed by atoms with Crippen LogP contribution in [-0.2, 0) is 25.9 Å². The van der Waals surface area contributed by atoms with Crippen molar-refractivity contribution in [2.75, 3.05) is 24.2 Å². The summed E-state index contributed by atoms with van der Waals surface area (Å²) in [5.74, 6) is 0.648. The SMILES string of the molecule is CN1CCCc2cc(CNCc3sc(C(=O)CCc4ccc5c(N)nccc5c4)cc3Cl)ccc21. The van der Waals surface area contributed by atoms with E-state index in [2.05, 4.69) is 46.5 Å². The first-order valence-electron chi connectivity index (χ1n) is 12.0. The molecule has 7 heteroatoms. The zero-order chi connectivity index (χ0) is 24.4. The van der Waals surface area contributed by atoms with Crippen molar-refractivity contribution in [1.29, 1.82) is 0 Å². The summed E-state index contributed by atoms with van der Waals surface area (Å²) in [7, 11) is 2.16. The van der Waals surface area contributed by atoms with Gasteiger partial charge in [-0.3, -0.25) is 4.79 Å². The molecule has 0 fully saturated rings. The monoisotopic (exact) mass is 504 g/mol. The summed E-state index contributed by atoms with van der Waals surface area (Å²) >= 11 is 7.96. The standard InChI is InChI=1S/C28H29ClN4OS/c1-33-12-2-3-21-14-19(5-8-24(21)33)16-31-17-27-23(29)15-26(35-27)25(34)9-6-18-4-7-22-20(13-18)10-11-32-28(22)30/h4-5,7-8,10-11,13-15,31H,2-3,6,9,12,16-17H2,1H3,(H2,30,32). The molecule has 0 radical (unpaired) electrons. The van der Waals surface area contributed by atoms with Gasteiger partial charge in [-0.1, -0.05) is 41.9 Å². The maximum Gasteiger partial charge on any atom is 0.173 e. The number of nitrogens with zero attached hydrogens (tertiary/aromatic N) is 2. The third-order valence-electron chi connectivity index (χ3n) is 6.64. The van der Waals surface area contributed by atoms with Crippen LogP contribution in [0.2, 0.25) is 5.02 Å². The highest BCUT2D eigenvalue weighted by molar-refractivity contribution is 7.14. The second kappa shape index (κ2) is 10.4. The fourth-order valence-corrected chi connectivity index (χ4v) is 6.07. The molecular formula is C28H29ClN4OS. The lowest BCUT2D eigenvalue weighted by Crippen LogP contribution is -2.24. The first kappa shape index (κ1) is 23.8. The van der Waals surface area contributed by atoms with Crippen LogP contribution in [0.25, 0.3) is 10.8 Å². The van der Waals surface area contributed by atoms with Crippen molar-refractivity contribution >= 4 is 51.0 Å². The van der Waals surface area contributed by atoms with Crippen LogP contribution in [0.15, 0.2) is 54.7 Å². The van der Waals surface area contributed by atoms with Crippen LogP contribution in [0.1, 0.15) is 44.1 Å². The number of aromatic nitrogens is 1. The quantitative estimate of drug-likeness (QED) is 0.287. The van der Waals surface area contributed by atoms with E-state index < -0.39 is 0 Å². The number of pyridine rings is 1. The van der Waals surface area contributed by atoms with Crippen LogP contribution >= 0.6 is 22.9 Å². The number of aryl methyl sites for hydroxylation is 2. The predicted molar refractivity (Wildman–Crippen MR) is 147 cm³/mol. The second-order valence-electron chi connectivity index (χ2n) is 9.15. The van der Waals surface area contributed by atoms with Gasteiger partial charge in [-0.2, -0.15) is 0 Å². The maximum absolute atomic E-state index is 12.9. The Hall–Kier alpha value is -2.93. The Bertz CT molecular complexity index is 1380. The molecule has 0 saturated heterocycles. The Labute approximate surface area is 214 Å². The highest BCUT2D eigenvalue weighted by Gasteiger charge is 2.15. The van der Waals surface area contributed by atoms with E-state index in [0.717, 1.165) is 45.6 Å². The minimum atomic E-state index is 0.122. The van der Waals surface area contributed by atoms with Crippen molar-refractivity contribution in [2.45, 2.75) is 38.8 Å². The molecule has 5 rings (SSSR count). The summed E-state index contributed by atoms with van der Waals surface area (Å²) in [5, 5.41) is 6.13. The molecule has 0 spiro atoms. The summed E-state index contributed by atoms with van der Waals surface area (Å²) in [4.78, 5) is 21.0. The van der Waals surface area contributed by atoms with Crippen molar-refractivity contribution in [1.82, 2.24) is 10.3 Å². The first-order chi connectivity index (χ1) is 17.0. The molecule has 1 aliphatic rings. The number of halogens is 1. The summed E-state index contributed by atoms with van der Waals surface area (Å²) in [6.45, 7) is 2.54. The smallest absolute Gasteiger partial charge is 0.173 e. The van der Waals surface area contributed by atoms with Crippen LogP contribution in [0.3, 0.4) is 0 Å². The molecule has 0 saturated carbocycles. The fraction of sp³-hybridized carbons (Fsp3) is 0.286. The molecule has 2 aromatic heterocycles. The Balaban J connectivity index is 1.16. The molecule has 35 heavy (non-hydrogen) atoms. The Morgan fingerprint density at radius 3 is 2.89 bits per heavy atom. The van der Waals surface area contributed by atoms with Crippen molar-refractivity contribution in [2.24, 2.45) is 0 Å². The number of carbonyl (C=O) groups is 1. The number of hydrogen-bond donors (Lipinski definition) is 2. The van der Waals surface area contributed by atoms with Crippen molar-refractivity contribution in [3.63, 3.8) is 0 Å². The molecule has 5 nitrogen and oxygen atoms in total. The summed E-state index contributed by atoms with van der Waals surface area (Å²) in [5.41, 5.74) is 11.1. The van der Waals surface area contributed by atoms with Gasteiger partial charge in [0.25, 0.3) is 0 Å². The number of rotatable bonds is 8. The molecule has 3 heterocycles. The summed E-state index contributed by atoms with van der Waals surface area (Å²) in [6, 6.07) is 16.5. The molecule has 3 N–H and O–H groups in total. The van der Waals surface area contributed by atoms with Gasteiger partial charge >= 0.3 is 0 Å². The van der Waals surface area contributed by atoms with E-state index in [9.17, 15) is 4.79 Å². The minimum absolute atomic E-state index is 0.122. The minimum Gasteiger partial charge on any atom is -0.383 e. The van der Waals surface area contributed by atoms with E-state index in [4.69, 9.17) is 17.3 Å². The summed E-state index contributed by atoms with van der Waals surface area (Å²) in [6.07, 6.45) is 5.17. The molecule has 0 bridgehead atoms. The number of nitrogen functional groups attached to an aromatic ring is 1. The average molecular weight is 505 g/mol. The van der Waals surface area contributed by atoms with E-state index in [1.165, 1.54) is 34.6 Å². The number of Topliss-reactive ketones (excluding diaryl/α,β-unsaturated/α-hetero) is 1. The van der Waals surface area contributed by atoms with Gasteiger partial charge in [0.1, 0.15) is 5.82 Å². The lowest BCUT2D eigenvalue weighted by molar-refractivity contribution is 0.0986. The molecule has 0 unspecified atom stereocenters. The molecule has 180 valence electrons. The zero-order valence-electron chi connectivity index (χ0n) is 19.8. The predicted octanol–water partition coefficient (Wildman–Crippen LogP) is 6.02. The van der Waals surface area contributed by atoms with Gasteiger partial charge in [0.2, 0.25) is 0 Å². The van der Waals surface area contributed by atoms with Crippen LogP contribution in [0, 0.1) is 0 Å². The topological polar surface area (TPSA) is 71.2 Å². The number of anilines is 2. The number of nitrogens with two attached hydrogens (primary N) is 1. The summed E-state index contributed by atoms with van der Waals surface area (Å²) < 4.78 is 0.